The van der Waals surface area contributed by atoms with Crippen LogP contribution in [0.3, 0.4) is 0 Å². The fourth-order valence-corrected chi connectivity index (χ4v) is 5.19. The van der Waals surface area contributed by atoms with Crippen molar-refractivity contribution in [3.63, 3.8) is 0 Å². The number of aryl methyl sites for hydroxylation is 2. The molecule has 0 aliphatic rings. The number of rotatable bonds is 4. The molecule has 4 aromatic rings. The molecule has 3 heterocycles. The number of fused-ring (bicyclic) bond motifs is 3. The predicted octanol–water partition coefficient (Wildman–Crippen LogP) is 6.03. The van der Waals surface area contributed by atoms with Gasteiger partial charge in [-0.1, -0.05) is 17.4 Å². The van der Waals surface area contributed by atoms with Crippen molar-refractivity contribution in [2.45, 2.75) is 53.3 Å². The van der Waals surface area contributed by atoms with Gasteiger partial charge in [0.05, 0.1) is 28.9 Å². The summed E-state index contributed by atoms with van der Waals surface area (Å²) in [5.74, 6) is -1.06. The Bertz CT molecular complexity index is 1620. The van der Waals surface area contributed by atoms with Crippen molar-refractivity contribution in [2.24, 2.45) is 5.73 Å². The third kappa shape index (κ3) is 4.62. The average molecular weight is 550 g/mol. The number of nitrogens with one attached hydrogen (secondary N) is 1. The number of thiazole rings is 1. The zero-order valence-corrected chi connectivity index (χ0v) is 22.6. The highest BCUT2D eigenvalue weighted by atomic mass is 32.1. The van der Waals surface area contributed by atoms with E-state index in [1.807, 2.05) is 0 Å². The molecule has 0 spiro atoms. The molecule has 0 aliphatic heterocycles. The van der Waals surface area contributed by atoms with Crippen LogP contribution in [-0.4, -0.2) is 39.2 Å². The number of ether oxygens (including phenoxy) is 2. The Morgan fingerprint density at radius 2 is 1.76 bits per heavy atom. The van der Waals surface area contributed by atoms with Crippen molar-refractivity contribution in [3.8, 4) is 11.4 Å². The van der Waals surface area contributed by atoms with E-state index in [2.05, 4.69) is 15.3 Å². The predicted molar refractivity (Wildman–Crippen MR) is 138 cm³/mol. The molecule has 0 unspecified atom stereocenters. The van der Waals surface area contributed by atoms with Gasteiger partial charge in [-0.15, -0.1) is 0 Å². The molecular formula is C25H26F3N5O4S. The summed E-state index contributed by atoms with van der Waals surface area (Å²) in [5.41, 5.74) is 4.44. The van der Waals surface area contributed by atoms with Crippen molar-refractivity contribution in [3.05, 3.63) is 39.5 Å². The molecule has 0 saturated carbocycles. The minimum Gasteiger partial charge on any atom is -0.496 e. The van der Waals surface area contributed by atoms with Crippen LogP contribution in [0.25, 0.3) is 26.9 Å². The largest absolute Gasteiger partial charge is 0.496 e. The van der Waals surface area contributed by atoms with Crippen LogP contribution in [0.15, 0.2) is 12.1 Å². The molecule has 0 radical (unpaired) electrons. The number of hydrogen-bond donors (Lipinski definition) is 2. The van der Waals surface area contributed by atoms with Crippen LogP contribution in [0, 0.1) is 20.8 Å². The van der Waals surface area contributed by atoms with Crippen LogP contribution >= 0.6 is 11.3 Å². The summed E-state index contributed by atoms with van der Waals surface area (Å²) in [6.07, 6.45) is -5.95. The Kier molecular flexibility index (Phi) is 6.54. The van der Waals surface area contributed by atoms with Crippen molar-refractivity contribution >= 4 is 50.4 Å². The third-order valence-corrected chi connectivity index (χ3v) is 6.59. The van der Waals surface area contributed by atoms with E-state index in [0.717, 1.165) is 11.3 Å². The number of benzene rings is 1. The first-order chi connectivity index (χ1) is 17.5. The van der Waals surface area contributed by atoms with E-state index in [9.17, 15) is 22.8 Å². The number of nitrogens with two attached hydrogens (primary N) is 1. The normalized spacial score (nSPS) is 12.3. The lowest BCUT2D eigenvalue weighted by atomic mass is 10.1. The van der Waals surface area contributed by atoms with E-state index >= 15 is 0 Å². The third-order valence-electron chi connectivity index (χ3n) is 5.72. The lowest BCUT2D eigenvalue weighted by molar-refractivity contribution is -0.139. The molecule has 3 N–H and O–H groups in total. The maximum Gasteiger partial charge on any atom is 0.434 e. The molecule has 202 valence electrons. The van der Waals surface area contributed by atoms with Crippen LogP contribution in [0.1, 0.15) is 53.0 Å². The summed E-state index contributed by atoms with van der Waals surface area (Å²) >= 11 is 0.974. The molecule has 4 rings (SSSR count). The first-order valence-corrected chi connectivity index (χ1v) is 12.2. The highest BCUT2D eigenvalue weighted by Crippen LogP contribution is 2.45. The summed E-state index contributed by atoms with van der Waals surface area (Å²) in [7, 11) is 1.46. The van der Waals surface area contributed by atoms with Crippen molar-refractivity contribution in [2.75, 3.05) is 12.4 Å². The number of carbonyl (C=O) groups excluding carboxylic acids is 2. The number of anilines is 1. The standard InChI is InChI=1S/C25H26F3N5O4S/c1-10-8-9-13(36-7)11(2)17(10)33-18-14(15(20(29)34)21(33)32-23(35)37-24(4,5)6)19(25(26,27)28)31-22-16(18)30-12(3)38-22/h8-9H,1-7H3,(H2,29,34)(H,32,35). The molecule has 38 heavy (non-hydrogen) atoms. The molecule has 3 aromatic heterocycles. The molecule has 1 aromatic carbocycles. The lowest BCUT2D eigenvalue weighted by Crippen LogP contribution is -2.29. The lowest BCUT2D eigenvalue weighted by Gasteiger charge is -2.22. The van der Waals surface area contributed by atoms with Crippen LogP contribution in [0.2, 0.25) is 0 Å². The first kappa shape index (κ1) is 27.2. The second-order valence-electron chi connectivity index (χ2n) is 9.68. The molecule has 0 atom stereocenters. The molecule has 0 aliphatic carbocycles. The summed E-state index contributed by atoms with van der Waals surface area (Å²) in [5, 5.41) is 2.37. The number of aromatic nitrogens is 3. The monoisotopic (exact) mass is 549 g/mol. The minimum atomic E-state index is -4.96. The maximum absolute atomic E-state index is 14.4. The van der Waals surface area contributed by atoms with E-state index in [4.69, 9.17) is 15.2 Å². The van der Waals surface area contributed by atoms with Gasteiger partial charge in [0.15, 0.2) is 5.69 Å². The molecular weight excluding hydrogens is 523 g/mol. The van der Waals surface area contributed by atoms with Crippen LogP contribution in [-0.2, 0) is 10.9 Å². The second-order valence-corrected chi connectivity index (χ2v) is 10.9. The maximum atomic E-state index is 14.4. The molecule has 0 fully saturated rings. The smallest absolute Gasteiger partial charge is 0.434 e. The number of halogens is 3. The summed E-state index contributed by atoms with van der Waals surface area (Å²) in [6.45, 7) is 9.96. The summed E-state index contributed by atoms with van der Waals surface area (Å²) in [6, 6.07) is 3.42. The van der Waals surface area contributed by atoms with Gasteiger partial charge < -0.3 is 15.2 Å². The topological polar surface area (TPSA) is 121 Å². The fraction of sp³-hybridized carbons (Fsp3) is 0.360. The van der Waals surface area contributed by atoms with Gasteiger partial charge in [0.2, 0.25) is 0 Å². The van der Waals surface area contributed by atoms with Crippen molar-refractivity contribution in [1.29, 1.82) is 0 Å². The number of primary amides is 1. The van der Waals surface area contributed by atoms with Crippen molar-refractivity contribution < 1.29 is 32.2 Å². The Hall–Kier alpha value is -3.87. The van der Waals surface area contributed by atoms with E-state index in [1.165, 1.54) is 11.7 Å². The number of pyridine rings is 1. The molecule has 0 bridgehead atoms. The number of amides is 2. The quantitative estimate of drug-likeness (QED) is 0.320. The SMILES string of the molecule is COc1ccc(C)c(-n2c(NC(=O)OC(C)(C)C)c(C(N)=O)c3c(C(F)(F)F)nc4sc(C)nc4c32)c1C. The number of hydrogen-bond acceptors (Lipinski definition) is 7. The Balaban J connectivity index is 2.30. The summed E-state index contributed by atoms with van der Waals surface area (Å²) < 4.78 is 55.5. The van der Waals surface area contributed by atoms with Crippen LogP contribution in [0.5, 0.6) is 5.75 Å². The Morgan fingerprint density at radius 3 is 2.32 bits per heavy atom. The highest BCUT2D eigenvalue weighted by molar-refractivity contribution is 7.18. The molecule has 9 nitrogen and oxygen atoms in total. The van der Waals surface area contributed by atoms with Gasteiger partial charge in [-0.3, -0.25) is 14.7 Å². The van der Waals surface area contributed by atoms with Gasteiger partial charge in [0.25, 0.3) is 5.91 Å². The van der Waals surface area contributed by atoms with E-state index in [1.54, 1.807) is 53.7 Å². The number of carbonyl (C=O) groups is 2. The molecule has 2 amide bonds. The first-order valence-electron chi connectivity index (χ1n) is 11.4. The van der Waals surface area contributed by atoms with Gasteiger partial charge >= 0.3 is 12.3 Å². The second kappa shape index (κ2) is 9.15. The highest BCUT2D eigenvalue weighted by Gasteiger charge is 2.41. The molecule has 0 saturated heterocycles. The van der Waals surface area contributed by atoms with E-state index in [-0.39, 0.29) is 21.7 Å². The van der Waals surface area contributed by atoms with E-state index in [0.29, 0.717) is 27.6 Å². The average Bonchev–Trinajstić information content (AvgIpc) is 3.28. The minimum absolute atomic E-state index is 0.0131. The fourth-order valence-electron chi connectivity index (χ4n) is 4.40. The van der Waals surface area contributed by atoms with Crippen LogP contribution in [0.4, 0.5) is 23.8 Å². The Morgan fingerprint density at radius 1 is 1.11 bits per heavy atom. The van der Waals surface area contributed by atoms with Crippen molar-refractivity contribution in [1.82, 2.24) is 14.5 Å². The zero-order valence-electron chi connectivity index (χ0n) is 21.7. The summed E-state index contributed by atoms with van der Waals surface area (Å²) in [4.78, 5) is 34.1. The molecule has 13 heteroatoms. The number of alkyl halides is 3. The Labute approximate surface area is 219 Å². The van der Waals surface area contributed by atoms with E-state index < -0.39 is 40.4 Å². The van der Waals surface area contributed by atoms with Gasteiger partial charge in [0, 0.05) is 10.9 Å². The van der Waals surface area contributed by atoms with Crippen LogP contribution < -0.4 is 15.8 Å². The van der Waals surface area contributed by atoms with Gasteiger partial charge in [-0.05, 0) is 53.2 Å². The zero-order chi connectivity index (χ0) is 28.3. The van der Waals surface area contributed by atoms with Gasteiger partial charge in [0.1, 0.15) is 27.5 Å². The van der Waals surface area contributed by atoms with Gasteiger partial charge in [-0.25, -0.2) is 14.8 Å². The number of nitrogens with zero attached hydrogens (tertiary/aromatic N) is 3. The number of methoxy groups -OCH3 is 1. The van der Waals surface area contributed by atoms with Gasteiger partial charge in [-0.2, -0.15) is 13.2 Å².